The molecule has 1 heterocycles. The van der Waals surface area contributed by atoms with E-state index in [-0.39, 0.29) is 12.0 Å². The minimum atomic E-state index is -0.488. The average Bonchev–Trinajstić information content (AvgIpc) is 2.25. The molecule has 0 radical (unpaired) electrons. The van der Waals surface area contributed by atoms with Crippen LogP contribution in [-0.2, 0) is 4.74 Å². The van der Waals surface area contributed by atoms with Crippen molar-refractivity contribution in [2.45, 2.75) is 51.7 Å². The van der Waals surface area contributed by atoms with Crippen LogP contribution in [0.5, 0.6) is 0 Å². The zero-order chi connectivity index (χ0) is 13.8. The second-order valence-corrected chi connectivity index (χ2v) is 5.97. The van der Waals surface area contributed by atoms with Crippen molar-refractivity contribution >= 4 is 6.09 Å². The van der Waals surface area contributed by atoms with Gasteiger partial charge in [0.05, 0.1) is 12.6 Å². The van der Waals surface area contributed by atoms with Crippen molar-refractivity contribution in [2.24, 2.45) is 11.7 Å². The molecular formula is C13H26N2O3. The largest absolute Gasteiger partial charge is 0.444 e. The van der Waals surface area contributed by atoms with Gasteiger partial charge in [-0.2, -0.15) is 0 Å². The first-order valence-electron chi connectivity index (χ1n) is 6.69. The molecule has 0 aromatic rings. The average molecular weight is 258 g/mol. The molecule has 1 amide bonds. The highest BCUT2D eigenvalue weighted by Crippen LogP contribution is 2.23. The van der Waals surface area contributed by atoms with Crippen LogP contribution in [0.3, 0.4) is 0 Å². The van der Waals surface area contributed by atoms with E-state index in [9.17, 15) is 9.90 Å². The Morgan fingerprint density at radius 3 is 2.67 bits per heavy atom. The van der Waals surface area contributed by atoms with Gasteiger partial charge in [-0.15, -0.1) is 0 Å². The summed E-state index contributed by atoms with van der Waals surface area (Å²) in [6.45, 7) is 7.20. The van der Waals surface area contributed by atoms with Crippen molar-refractivity contribution in [3.8, 4) is 0 Å². The summed E-state index contributed by atoms with van der Waals surface area (Å²) in [5.74, 6) is 0.257. The molecule has 1 aliphatic rings. The number of aliphatic hydroxyl groups is 1. The number of hydrogen-bond donors (Lipinski definition) is 2. The van der Waals surface area contributed by atoms with Gasteiger partial charge in [-0.25, -0.2) is 4.79 Å². The van der Waals surface area contributed by atoms with Gasteiger partial charge in [0.15, 0.2) is 0 Å². The number of carbonyl (C=O) groups excluding carboxylic acids is 1. The lowest BCUT2D eigenvalue weighted by Crippen LogP contribution is -2.48. The number of nitrogens with zero attached hydrogens (tertiary/aromatic N) is 1. The molecular weight excluding hydrogens is 232 g/mol. The van der Waals surface area contributed by atoms with Crippen LogP contribution in [0.15, 0.2) is 0 Å². The van der Waals surface area contributed by atoms with Crippen LogP contribution in [-0.4, -0.2) is 47.4 Å². The van der Waals surface area contributed by atoms with Crippen molar-refractivity contribution in [2.75, 3.05) is 19.6 Å². The Balaban J connectivity index is 2.43. The first-order chi connectivity index (χ1) is 8.33. The SMILES string of the molecule is CC(C)(C)OC(=O)N1CCC(CCCN)C(O)C1. The Bertz CT molecular complexity index is 276. The number of rotatable bonds is 3. The monoisotopic (exact) mass is 258 g/mol. The van der Waals surface area contributed by atoms with Crippen molar-refractivity contribution in [3.63, 3.8) is 0 Å². The Kier molecular flexibility index (Phi) is 5.41. The predicted octanol–water partition coefficient (Wildman–Crippen LogP) is 1.34. The van der Waals surface area contributed by atoms with E-state index in [1.807, 2.05) is 20.8 Å². The molecule has 2 atom stereocenters. The lowest BCUT2D eigenvalue weighted by atomic mass is 9.90. The summed E-state index contributed by atoms with van der Waals surface area (Å²) in [6.07, 6.45) is 1.88. The fourth-order valence-electron chi connectivity index (χ4n) is 2.19. The number of ether oxygens (including phenoxy) is 1. The summed E-state index contributed by atoms with van der Waals surface area (Å²) < 4.78 is 5.30. The second-order valence-electron chi connectivity index (χ2n) is 5.97. The van der Waals surface area contributed by atoms with Gasteiger partial charge >= 0.3 is 6.09 Å². The molecule has 1 rings (SSSR count). The molecule has 18 heavy (non-hydrogen) atoms. The normalized spacial score (nSPS) is 25.1. The standard InChI is InChI=1S/C13H26N2O3/c1-13(2,3)18-12(17)15-8-6-10(5-4-7-14)11(16)9-15/h10-11,16H,4-9,14H2,1-3H3. The molecule has 0 aromatic heterocycles. The fourth-order valence-corrected chi connectivity index (χ4v) is 2.19. The number of carbonyl (C=O) groups is 1. The predicted molar refractivity (Wildman–Crippen MR) is 70.2 cm³/mol. The third kappa shape index (κ3) is 4.82. The van der Waals surface area contributed by atoms with E-state index in [1.165, 1.54) is 0 Å². The van der Waals surface area contributed by atoms with Crippen LogP contribution in [0.2, 0.25) is 0 Å². The fraction of sp³-hybridized carbons (Fsp3) is 0.923. The van der Waals surface area contributed by atoms with Gasteiger partial charge in [0, 0.05) is 6.54 Å². The first-order valence-corrected chi connectivity index (χ1v) is 6.69. The molecule has 5 heteroatoms. The Morgan fingerprint density at radius 1 is 1.50 bits per heavy atom. The van der Waals surface area contributed by atoms with Crippen molar-refractivity contribution in [1.82, 2.24) is 4.90 Å². The summed E-state index contributed by atoms with van der Waals surface area (Å²) in [5, 5.41) is 10.0. The minimum absolute atomic E-state index is 0.257. The lowest BCUT2D eigenvalue weighted by molar-refractivity contribution is -0.0142. The van der Waals surface area contributed by atoms with E-state index in [0.29, 0.717) is 19.6 Å². The number of amides is 1. The molecule has 3 N–H and O–H groups in total. The molecule has 0 saturated carbocycles. The first kappa shape index (κ1) is 15.2. The topological polar surface area (TPSA) is 75.8 Å². The summed E-state index contributed by atoms with van der Waals surface area (Å²) >= 11 is 0. The maximum absolute atomic E-state index is 11.9. The number of piperidine rings is 1. The van der Waals surface area contributed by atoms with Gasteiger partial charge in [0.2, 0.25) is 0 Å². The van der Waals surface area contributed by atoms with E-state index in [1.54, 1.807) is 4.90 Å². The lowest BCUT2D eigenvalue weighted by Gasteiger charge is -2.36. The molecule has 2 unspecified atom stereocenters. The van der Waals surface area contributed by atoms with Crippen molar-refractivity contribution < 1.29 is 14.6 Å². The molecule has 1 aliphatic heterocycles. The number of β-amino-alcohol motifs (C(OH)–C–C–N with tert-alkyl or cyclic N) is 1. The van der Waals surface area contributed by atoms with Crippen molar-refractivity contribution in [3.05, 3.63) is 0 Å². The van der Waals surface area contributed by atoms with Crippen molar-refractivity contribution in [1.29, 1.82) is 0 Å². The Hall–Kier alpha value is -0.810. The van der Waals surface area contributed by atoms with E-state index in [2.05, 4.69) is 0 Å². The number of likely N-dealkylation sites (tertiary alicyclic amines) is 1. The molecule has 0 aromatic carbocycles. The highest BCUT2D eigenvalue weighted by atomic mass is 16.6. The minimum Gasteiger partial charge on any atom is -0.444 e. The molecule has 1 fully saturated rings. The van der Waals surface area contributed by atoms with Crippen LogP contribution in [0.4, 0.5) is 4.79 Å². The van der Waals surface area contributed by atoms with Gasteiger partial charge in [0.1, 0.15) is 5.60 Å². The third-order valence-corrected chi connectivity index (χ3v) is 3.15. The number of aliphatic hydroxyl groups excluding tert-OH is 1. The Labute approximate surface area is 109 Å². The molecule has 0 spiro atoms. The zero-order valence-corrected chi connectivity index (χ0v) is 11.7. The van der Waals surface area contributed by atoms with Crippen LogP contribution < -0.4 is 5.73 Å². The van der Waals surface area contributed by atoms with Gasteiger partial charge in [-0.05, 0) is 52.5 Å². The summed E-state index contributed by atoms with van der Waals surface area (Å²) in [4.78, 5) is 13.4. The summed E-state index contributed by atoms with van der Waals surface area (Å²) in [6, 6.07) is 0. The van der Waals surface area contributed by atoms with Gasteiger partial charge in [-0.1, -0.05) is 0 Å². The quantitative estimate of drug-likeness (QED) is 0.801. The second kappa shape index (κ2) is 6.38. The maximum Gasteiger partial charge on any atom is 0.410 e. The van der Waals surface area contributed by atoms with Gasteiger partial charge < -0.3 is 20.5 Å². The molecule has 5 nitrogen and oxygen atoms in total. The third-order valence-electron chi connectivity index (χ3n) is 3.15. The number of nitrogens with two attached hydrogens (primary N) is 1. The molecule has 0 bridgehead atoms. The van der Waals surface area contributed by atoms with E-state index in [4.69, 9.17) is 10.5 Å². The van der Waals surface area contributed by atoms with E-state index in [0.717, 1.165) is 19.3 Å². The van der Waals surface area contributed by atoms with Crippen LogP contribution in [0, 0.1) is 5.92 Å². The molecule has 1 saturated heterocycles. The van der Waals surface area contributed by atoms with Gasteiger partial charge in [0.25, 0.3) is 0 Å². The maximum atomic E-state index is 11.9. The van der Waals surface area contributed by atoms with Crippen LogP contribution in [0.25, 0.3) is 0 Å². The smallest absolute Gasteiger partial charge is 0.410 e. The Morgan fingerprint density at radius 2 is 2.17 bits per heavy atom. The van der Waals surface area contributed by atoms with E-state index >= 15 is 0 Å². The molecule has 106 valence electrons. The van der Waals surface area contributed by atoms with Crippen LogP contribution >= 0.6 is 0 Å². The van der Waals surface area contributed by atoms with Gasteiger partial charge in [-0.3, -0.25) is 0 Å². The molecule has 0 aliphatic carbocycles. The number of hydrogen-bond acceptors (Lipinski definition) is 4. The summed E-state index contributed by atoms with van der Waals surface area (Å²) in [7, 11) is 0. The highest BCUT2D eigenvalue weighted by Gasteiger charge is 2.31. The van der Waals surface area contributed by atoms with E-state index < -0.39 is 11.7 Å². The zero-order valence-electron chi connectivity index (χ0n) is 11.7. The summed E-state index contributed by atoms with van der Waals surface area (Å²) in [5.41, 5.74) is 4.98. The van der Waals surface area contributed by atoms with Crippen LogP contribution in [0.1, 0.15) is 40.0 Å². The highest BCUT2D eigenvalue weighted by molar-refractivity contribution is 5.68.